The zero-order chi connectivity index (χ0) is 13.7. The molecular weight excluding hydrogens is 247 g/mol. The molecule has 1 aromatic rings. The Hall–Kier alpha value is -1.56. The Labute approximate surface area is 102 Å². The lowest BCUT2D eigenvalue weighted by atomic mass is 10.0. The van der Waals surface area contributed by atoms with Gasteiger partial charge in [-0.2, -0.15) is 0 Å². The Morgan fingerprint density at radius 2 is 1.83 bits per heavy atom. The number of rotatable bonds is 6. The molecular formula is C12H14F3NO2. The fourth-order valence-corrected chi connectivity index (χ4v) is 1.64. The Morgan fingerprint density at radius 3 is 2.44 bits per heavy atom. The highest BCUT2D eigenvalue weighted by Gasteiger charge is 2.11. The summed E-state index contributed by atoms with van der Waals surface area (Å²) in [6, 6.07) is 0.797. The maximum Gasteiger partial charge on any atom is 0.304 e. The zero-order valence-electron chi connectivity index (χ0n) is 9.63. The summed E-state index contributed by atoms with van der Waals surface area (Å²) in [4.78, 5) is 10.3. The van der Waals surface area contributed by atoms with Crippen LogP contribution in [-0.4, -0.2) is 17.1 Å². The van der Waals surface area contributed by atoms with Crippen molar-refractivity contribution in [2.45, 2.75) is 31.7 Å². The van der Waals surface area contributed by atoms with E-state index in [1.165, 1.54) is 0 Å². The highest BCUT2D eigenvalue weighted by atomic mass is 19.2. The van der Waals surface area contributed by atoms with Crippen molar-refractivity contribution >= 4 is 5.97 Å². The second-order valence-electron chi connectivity index (χ2n) is 4.11. The molecule has 0 aromatic heterocycles. The van der Waals surface area contributed by atoms with Gasteiger partial charge in [0, 0.05) is 12.1 Å². The molecule has 0 radical (unpaired) electrons. The Bertz CT molecular complexity index is 438. The van der Waals surface area contributed by atoms with Gasteiger partial charge in [0.15, 0.2) is 11.6 Å². The lowest BCUT2D eigenvalue weighted by Gasteiger charge is -2.09. The van der Waals surface area contributed by atoms with E-state index in [2.05, 4.69) is 0 Å². The van der Waals surface area contributed by atoms with Crippen molar-refractivity contribution in [1.82, 2.24) is 0 Å². The predicted molar refractivity (Wildman–Crippen MR) is 59.5 cm³/mol. The van der Waals surface area contributed by atoms with Crippen LogP contribution in [0.2, 0.25) is 0 Å². The minimum absolute atomic E-state index is 0.0661. The summed E-state index contributed by atoms with van der Waals surface area (Å²) in [5.41, 5.74) is 5.59. The second-order valence-corrected chi connectivity index (χ2v) is 4.11. The number of aliphatic carboxylic acids is 1. The summed E-state index contributed by atoms with van der Waals surface area (Å²) in [5, 5.41) is 8.48. The third-order valence-electron chi connectivity index (χ3n) is 2.55. The molecule has 1 rings (SSSR count). The fraction of sp³-hybridized carbons (Fsp3) is 0.417. The van der Waals surface area contributed by atoms with Crippen LogP contribution in [0, 0.1) is 17.5 Å². The van der Waals surface area contributed by atoms with Gasteiger partial charge in [-0.1, -0.05) is 0 Å². The van der Waals surface area contributed by atoms with Gasteiger partial charge in [0.05, 0.1) is 6.42 Å². The molecule has 3 nitrogen and oxygen atoms in total. The monoisotopic (exact) mass is 261 g/mol. The first-order valence-corrected chi connectivity index (χ1v) is 5.51. The van der Waals surface area contributed by atoms with E-state index in [1.807, 2.05) is 0 Å². The van der Waals surface area contributed by atoms with Crippen molar-refractivity contribution in [3.8, 4) is 0 Å². The average molecular weight is 261 g/mol. The van der Waals surface area contributed by atoms with E-state index in [0.717, 1.165) is 6.07 Å². The van der Waals surface area contributed by atoms with Crippen molar-refractivity contribution in [3.63, 3.8) is 0 Å². The molecule has 0 aliphatic carbocycles. The summed E-state index contributed by atoms with van der Waals surface area (Å²) in [6.07, 6.45) is 0.817. The van der Waals surface area contributed by atoms with Crippen molar-refractivity contribution in [1.29, 1.82) is 0 Å². The van der Waals surface area contributed by atoms with Crippen LogP contribution >= 0.6 is 0 Å². The van der Waals surface area contributed by atoms with Crippen LogP contribution in [-0.2, 0) is 11.2 Å². The molecule has 3 N–H and O–H groups in total. The van der Waals surface area contributed by atoms with Crippen LogP contribution in [0.25, 0.3) is 0 Å². The third kappa shape index (κ3) is 4.37. The van der Waals surface area contributed by atoms with E-state index in [0.29, 0.717) is 18.9 Å². The van der Waals surface area contributed by atoms with Crippen molar-refractivity contribution in [2.75, 3.05) is 0 Å². The Kier molecular flexibility index (Phi) is 5.15. The summed E-state index contributed by atoms with van der Waals surface area (Å²) < 4.78 is 38.8. The van der Waals surface area contributed by atoms with Crippen LogP contribution in [0.15, 0.2) is 12.1 Å². The number of carboxylic acid groups (broad SMARTS) is 1. The van der Waals surface area contributed by atoms with Crippen LogP contribution < -0.4 is 5.73 Å². The quantitative estimate of drug-likeness (QED) is 0.772. The lowest BCUT2D eigenvalue weighted by Crippen LogP contribution is -2.23. The topological polar surface area (TPSA) is 63.3 Å². The standard InChI is InChI=1S/C12H14F3NO2/c13-9-6-11(15)10(14)4-7(9)2-1-3-8(16)5-12(17)18/h4,6,8H,1-3,5,16H2,(H,17,18)/t8-/m0/s1. The Balaban J connectivity index is 2.49. The Morgan fingerprint density at radius 1 is 1.22 bits per heavy atom. The second kappa shape index (κ2) is 6.39. The zero-order valence-corrected chi connectivity index (χ0v) is 9.63. The minimum atomic E-state index is -1.22. The van der Waals surface area contributed by atoms with Gasteiger partial charge in [0.2, 0.25) is 0 Å². The highest BCUT2D eigenvalue weighted by Crippen LogP contribution is 2.16. The molecule has 0 heterocycles. The van der Waals surface area contributed by atoms with Gasteiger partial charge in [0.1, 0.15) is 5.82 Å². The molecule has 100 valence electrons. The molecule has 0 aliphatic heterocycles. The largest absolute Gasteiger partial charge is 0.481 e. The van der Waals surface area contributed by atoms with Gasteiger partial charge in [-0.05, 0) is 30.9 Å². The predicted octanol–water partition coefficient (Wildman–Crippen LogP) is 2.23. The first kappa shape index (κ1) is 14.5. The van der Waals surface area contributed by atoms with E-state index in [4.69, 9.17) is 10.8 Å². The molecule has 0 unspecified atom stereocenters. The molecule has 0 fully saturated rings. The number of carboxylic acids is 1. The normalized spacial score (nSPS) is 12.4. The van der Waals surface area contributed by atoms with Gasteiger partial charge >= 0.3 is 5.97 Å². The number of hydrogen-bond acceptors (Lipinski definition) is 2. The number of hydrogen-bond donors (Lipinski definition) is 2. The molecule has 0 saturated heterocycles. The number of nitrogens with two attached hydrogens (primary N) is 1. The lowest BCUT2D eigenvalue weighted by molar-refractivity contribution is -0.137. The van der Waals surface area contributed by atoms with Crippen LogP contribution in [0.4, 0.5) is 13.2 Å². The SMILES string of the molecule is N[C@@H](CCCc1cc(F)c(F)cc1F)CC(=O)O. The molecule has 0 amide bonds. The average Bonchev–Trinajstić information content (AvgIpc) is 2.24. The molecule has 18 heavy (non-hydrogen) atoms. The van der Waals surface area contributed by atoms with Gasteiger partial charge in [-0.25, -0.2) is 13.2 Å². The first-order valence-electron chi connectivity index (χ1n) is 5.51. The van der Waals surface area contributed by atoms with Crippen LogP contribution in [0.1, 0.15) is 24.8 Å². The van der Waals surface area contributed by atoms with E-state index in [-0.39, 0.29) is 18.4 Å². The fourth-order valence-electron chi connectivity index (χ4n) is 1.64. The molecule has 6 heteroatoms. The number of benzene rings is 1. The smallest absolute Gasteiger partial charge is 0.304 e. The first-order chi connectivity index (χ1) is 8.40. The maximum atomic E-state index is 13.2. The number of carbonyl (C=O) groups is 1. The molecule has 0 saturated carbocycles. The van der Waals surface area contributed by atoms with Gasteiger partial charge in [-0.15, -0.1) is 0 Å². The van der Waals surface area contributed by atoms with E-state index < -0.39 is 29.5 Å². The molecule has 1 atom stereocenters. The maximum absolute atomic E-state index is 13.2. The summed E-state index contributed by atoms with van der Waals surface area (Å²) in [6.45, 7) is 0. The minimum Gasteiger partial charge on any atom is -0.481 e. The van der Waals surface area contributed by atoms with Crippen molar-refractivity contribution in [2.24, 2.45) is 5.73 Å². The molecule has 1 aromatic carbocycles. The summed E-state index contributed by atoms with van der Waals surface area (Å²) >= 11 is 0. The molecule has 0 spiro atoms. The van der Waals surface area contributed by atoms with Gasteiger partial charge in [-0.3, -0.25) is 4.79 Å². The molecule has 0 aliphatic rings. The van der Waals surface area contributed by atoms with Gasteiger partial charge < -0.3 is 10.8 Å². The number of halogens is 3. The van der Waals surface area contributed by atoms with Crippen molar-refractivity contribution < 1.29 is 23.1 Å². The summed E-state index contributed by atoms with van der Waals surface area (Å²) in [7, 11) is 0. The van der Waals surface area contributed by atoms with Gasteiger partial charge in [0.25, 0.3) is 0 Å². The molecule has 0 bridgehead atoms. The van der Waals surface area contributed by atoms with Crippen LogP contribution in [0.5, 0.6) is 0 Å². The van der Waals surface area contributed by atoms with E-state index in [9.17, 15) is 18.0 Å². The number of aryl methyl sites for hydroxylation is 1. The summed E-state index contributed by atoms with van der Waals surface area (Å²) in [5.74, 6) is -4.12. The highest BCUT2D eigenvalue weighted by molar-refractivity contribution is 5.67. The van der Waals surface area contributed by atoms with Crippen molar-refractivity contribution in [3.05, 3.63) is 35.1 Å². The van der Waals surface area contributed by atoms with E-state index >= 15 is 0 Å². The van der Waals surface area contributed by atoms with E-state index in [1.54, 1.807) is 0 Å². The third-order valence-corrected chi connectivity index (χ3v) is 2.55. The van der Waals surface area contributed by atoms with Crippen LogP contribution in [0.3, 0.4) is 0 Å².